The Morgan fingerprint density at radius 3 is 2.82 bits per heavy atom. The number of rotatable bonds is 4. The fourth-order valence-electron chi connectivity index (χ4n) is 5.00. The predicted molar refractivity (Wildman–Crippen MR) is 123 cm³/mol. The van der Waals surface area contributed by atoms with Crippen molar-refractivity contribution in [3.63, 3.8) is 0 Å². The van der Waals surface area contributed by atoms with Crippen LogP contribution in [-0.2, 0) is 4.79 Å². The molecule has 0 unspecified atom stereocenters. The lowest BCUT2D eigenvalue weighted by Crippen LogP contribution is -2.41. The lowest BCUT2D eigenvalue weighted by molar-refractivity contribution is -0.132. The van der Waals surface area contributed by atoms with E-state index in [1.807, 2.05) is 6.07 Å². The lowest BCUT2D eigenvalue weighted by atomic mass is 9.98. The molecule has 5 atom stereocenters. The third kappa shape index (κ3) is 3.22. The van der Waals surface area contributed by atoms with Crippen molar-refractivity contribution in [2.45, 2.75) is 43.6 Å². The van der Waals surface area contributed by atoms with Gasteiger partial charge in [0.25, 0.3) is 0 Å². The molecule has 11 heteroatoms. The molecule has 3 heterocycles. The Morgan fingerprint density at radius 2 is 2.12 bits per heavy atom. The summed E-state index contributed by atoms with van der Waals surface area (Å²) in [5, 5.41) is 27.6. The third-order valence-corrected chi connectivity index (χ3v) is 8.00. The maximum absolute atomic E-state index is 12.5. The maximum atomic E-state index is 12.5. The van der Waals surface area contributed by atoms with Crippen LogP contribution in [0.25, 0.3) is 11.2 Å². The van der Waals surface area contributed by atoms with Crippen LogP contribution in [0.5, 0.6) is 0 Å². The molecular formula is C22H21ClN6O3S. The van der Waals surface area contributed by atoms with Gasteiger partial charge >= 0.3 is 0 Å². The van der Waals surface area contributed by atoms with Crippen LogP contribution in [0.4, 0.5) is 5.82 Å². The smallest absolute Gasteiger partial charge is 0.229 e. The van der Waals surface area contributed by atoms with Gasteiger partial charge < -0.3 is 25.4 Å². The summed E-state index contributed by atoms with van der Waals surface area (Å²) in [6, 6.07) is 3.45. The fraction of sp³-hybridized carbons (Fsp3) is 0.455. The Bertz CT molecular complexity index is 1340. The summed E-state index contributed by atoms with van der Waals surface area (Å²) in [6.07, 6.45) is 1.96. The predicted octanol–water partition coefficient (Wildman–Crippen LogP) is 1.54. The topological polar surface area (TPSA) is 125 Å². The van der Waals surface area contributed by atoms with Crippen molar-refractivity contribution in [2.75, 3.05) is 12.4 Å². The molecule has 4 N–H and O–H groups in total. The van der Waals surface area contributed by atoms with Crippen LogP contribution >= 0.6 is 22.9 Å². The summed E-state index contributed by atoms with van der Waals surface area (Å²) in [6.45, 7) is 0. The number of anilines is 1. The van der Waals surface area contributed by atoms with Crippen molar-refractivity contribution in [1.29, 1.82) is 0 Å². The number of imidazole rings is 1. The Balaban J connectivity index is 1.43. The molecule has 170 valence electrons. The molecule has 3 aromatic rings. The van der Waals surface area contributed by atoms with E-state index in [1.165, 1.54) is 11.3 Å². The molecule has 0 aliphatic heterocycles. The van der Waals surface area contributed by atoms with Crippen LogP contribution in [0, 0.1) is 23.2 Å². The summed E-state index contributed by atoms with van der Waals surface area (Å²) >= 11 is 7.38. The highest BCUT2D eigenvalue weighted by Gasteiger charge is 2.75. The highest BCUT2D eigenvalue weighted by atomic mass is 35.5. The van der Waals surface area contributed by atoms with Gasteiger partial charge in [-0.2, -0.15) is 0 Å². The summed E-state index contributed by atoms with van der Waals surface area (Å²) in [4.78, 5) is 27.1. The molecule has 0 saturated heterocycles. The first-order valence-corrected chi connectivity index (χ1v) is 12.0. The van der Waals surface area contributed by atoms with E-state index >= 15 is 0 Å². The molecule has 3 saturated carbocycles. The summed E-state index contributed by atoms with van der Waals surface area (Å²) in [7, 11) is 1.54. The second-order valence-corrected chi connectivity index (χ2v) is 10.6. The molecule has 33 heavy (non-hydrogen) atoms. The first kappa shape index (κ1) is 20.9. The van der Waals surface area contributed by atoms with E-state index in [0.717, 1.165) is 17.7 Å². The molecule has 0 bridgehead atoms. The van der Waals surface area contributed by atoms with Gasteiger partial charge in [-0.1, -0.05) is 11.6 Å². The minimum Gasteiger partial charge on any atom is -0.389 e. The number of carbonyl (C=O) groups excluding carboxylic acids is 1. The standard InChI is InChI=1S/C22H21ClN6O3S/c1-24-21(32)22-8-12(22)16(17(30)18(22)31)29-9-25-15-19(26-10-2-3-10)27-14(28-20(15)29)7-5-11-4-6-13(23)33-11/h4,6,9-10,12,16-18,30-31H,2-3,8H2,1H3,(H,24,32)(H,26,27,28)/t12-,16-,17+,18+,22+/m1/s1. The molecule has 3 aliphatic rings. The van der Waals surface area contributed by atoms with Crippen LogP contribution in [0.15, 0.2) is 18.5 Å². The van der Waals surface area contributed by atoms with Gasteiger partial charge in [-0.3, -0.25) is 4.79 Å². The average molecular weight is 485 g/mol. The van der Waals surface area contributed by atoms with Crippen molar-refractivity contribution < 1.29 is 15.0 Å². The van der Waals surface area contributed by atoms with Crippen LogP contribution < -0.4 is 10.6 Å². The highest BCUT2D eigenvalue weighted by Crippen LogP contribution is 2.67. The second-order valence-electron chi connectivity index (χ2n) is 8.85. The SMILES string of the molecule is CNC(=O)[C@@]12C[C@@H]1[C@@H](n1cnc3c(NC4CC4)nc(C#Cc4ccc(Cl)s4)nc31)[C@H](O)[C@@H]2O. The van der Waals surface area contributed by atoms with Gasteiger partial charge in [0.2, 0.25) is 11.7 Å². The van der Waals surface area contributed by atoms with Crippen LogP contribution in [0.1, 0.15) is 36.0 Å². The normalized spacial score (nSPS) is 29.9. The molecule has 3 aliphatic carbocycles. The van der Waals surface area contributed by atoms with Crippen molar-refractivity contribution in [2.24, 2.45) is 11.3 Å². The molecule has 3 fully saturated rings. The first-order valence-electron chi connectivity index (χ1n) is 10.8. The van der Waals surface area contributed by atoms with E-state index in [-0.39, 0.29) is 11.8 Å². The van der Waals surface area contributed by atoms with E-state index in [0.29, 0.717) is 39.6 Å². The van der Waals surface area contributed by atoms with Gasteiger partial charge in [-0.05, 0) is 43.2 Å². The zero-order chi connectivity index (χ0) is 22.9. The fourth-order valence-corrected chi connectivity index (χ4v) is 5.89. The molecule has 6 rings (SSSR count). The molecule has 0 spiro atoms. The summed E-state index contributed by atoms with van der Waals surface area (Å²) in [5.41, 5.74) is 0.113. The van der Waals surface area contributed by atoms with Crippen LogP contribution in [-0.4, -0.2) is 60.9 Å². The molecule has 9 nitrogen and oxygen atoms in total. The van der Waals surface area contributed by atoms with Gasteiger partial charge in [0.1, 0.15) is 6.10 Å². The lowest BCUT2D eigenvalue weighted by Gasteiger charge is -2.23. The van der Waals surface area contributed by atoms with E-state index in [9.17, 15) is 15.0 Å². The summed E-state index contributed by atoms with van der Waals surface area (Å²) < 4.78 is 2.42. The molecule has 1 amide bonds. The van der Waals surface area contributed by atoms with Crippen molar-refractivity contribution in [3.8, 4) is 11.8 Å². The molecule has 0 radical (unpaired) electrons. The molecule has 3 aromatic heterocycles. The number of hydrogen-bond donors (Lipinski definition) is 4. The van der Waals surface area contributed by atoms with Gasteiger partial charge in [0.05, 0.1) is 33.1 Å². The number of thiophene rings is 1. The highest BCUT2D eigenvalue weighted by molar-refractivity contribution is 7.16. The number of nitrogens with one attached hydrogen (secondary N) is 2. The summed E-state index contributed by atoms with van der Waals surface area (Å²) in [5.74, 6) is 6.50. The quantitative estimate of drug-likeness (QED) is 0.414. The number of amides is 1. The number of aliphatic hydroxyl groups excluding tert-OH is 2. The number of fused-ring (bicyclic) bond motifs is 2. The van der Waals surface area contributed by atoms with Gasteiger partial charge in [0.15, 0.2) is 17.0 Å². The number of hydrogen-bond acceptors (Lipinski definition) is 8. The largest absolute Gasteiger partial charge is 0.389 e. The third-order valence-electron chi connectivity index (χ3n) is 6.85. The van der Waals surface area contributed by atoms with Gasteiger partial charge in [-0.25, -0.2) is 15.0 Å². The van der Waals surface area contributed by atoms with Crippen LogP contribution in [0.2, 0.25) is 4.34 Å². The number of aliphatic hydroxyl groups is 2. The Morgan fingerprint density at radius 1 is 1.30 bits per heavy atom. The Hall–Kier alpha value is -2.71. The molecule has 0 aromatic carbocycles. The van der Waals surface area contributed by atoms with E-state index < -0.39 is 23.7 Å². The monoisotopic (exact) mass is 484 g/mol. The average Bonchev–Trinajstić information content (AvgIpc) is 3.66. The minimum atomic E-state index is -1.15. The van der Waals surface area contributed by atoms with Crippen molar-refractivity contribution >= 4 is 45.8 Å². The maximum Gasteiger partial charge on any atom is 0.229 e. The first-order chi connectivity index (χ1) is 15.9. The van der Waals surface area contributed by atoms with Crippen LogP contribution in [0.3, 0.4) is 0 Å². The number of halogens is 1. The van der Waals surface area contributed by atoms with Crippen molar-refractivity contribution in [3.05, 3.63) is 33.5 Å². The minimum absolute atomic E-state index is 0.211. The molecular weight excluding hydrogens is 464 g/mol. The second kappa shape index (κ2) is 7.40. The Labute approximate surface area is 198 Å². The number of aromatic nitrogens is 4. The van der Waals surface area contributed by atoms with E-state index in [2.05, 4.69) is 37.4 Å². The Kier molecular flexibility index (Phi) is 4.68. The zero-order valence-corrected chi connectivity index (χ0v) is 19.2. The van der Waals surface area contributed by atoms with Gasteiger partial charge in [-0.15, -0.1) is 11.3 Å². The van der Waals surface area contributed by atoms with E-state index in [1.54, 1.807) is 24.0 Å². The van der Waals surface area contributed by atoms with Crippen molar-refractivity contribution in [1.82, 2.24) is 24.8 Å². The van der Waals surface area contributed by atoms with E-state index in [4.69, 9.17) is 11.6 Å². The number of nitrogens with zero attached hydrogens (tertiary/aromatic N) is 4. The number of carbonyl (C=O) groups is 1. The zero-order valence-electron chi connectivity index (χ0n) is 17.6. The van der Waals surface area contributed by atoms with Gasteiger partial charge in [0, 0.05) is 19.0 Å².